The van der Waals surface area contributed by atoms with Gasteiger partial charge >= 0.3 is 6.03 Å². The number of rotatable bonds is 4. The molecule has 2 unspecified atom stereocenters. The monoisotopic (exact) mass is 353 g/mol. The molecule has 1 aliphatic heterocycles. The van der Waals surface area contributed by atoms with Gasteiger partial charge in [0, 0.05) is 31.7 Å². The summed E-state index contributed by atoms with van der Waals surface area (Å²) in [6.45, 7) is 4.44. The lowest BCUT2D eigenvalue weighted by Gasteiger charge is -2.17. The third-order valence-electron chi connectivity index (χ3n) is 5.79. The zero-order chi connectivity index (χ0) is 17.7. The summed E-state index contributed by atoms with van der Waals surface area (Å²) in [6, 6.07) is 2.05. The predicted molar refractivity (Wildman–Crippen MR) is 96.9 cm³/mol. The smallest absolute Gasteiger partial charge is 0.317 e. The van der Waals surface area contributed by atoms with Crippen LogP contribution in [0.25, 0.3) is 16.8 Å². The zero-order valence-corrected chi connectivity index (χ0v) is 14.9. The van der Waals surface area contributed by atoms with E-state index in [0.29, 0.717) is 18.4 Å². The van der Waals surface area contributed by atoms with Crippen molar-refractivity contribution in [1.82, 2.24) is 34.8 Å². The third kappa shape index (κ3) is 2.51. The number of H-pyrrole nitrogens is 1. The lowest BCUT2D eigenvalue weighted by Crippen LogP contribution is -2.39. The number of hydrogen-bond donors (Lipinski definition) is 2. The SMILES string of the molecule is CCC1CN(C(=O)NCC2CC2)CC1c1nnc2cnc3[nH]ccc3n12. The summed E-state index contributed by atoms with van der Waals surface area (Å²) in [5, 5.41) is 11.9. The average Bonchev–Trinajstić information content (AvgIpc) is 3.06. The molecule has 1 saturated carbocycles. The van der Waals surface area contributed by atoms with Crippen LogP contribution < -0.4 is 5.32 Å². The van der Waals surface area contributed by atoms with Gasteiger partial charge in [0.25, 0.3) is 0 Å². The first kappa shape index (κ1) is 15.6. The molecule has 0 bridgehead atoms. The third-order valence-corrected chi connectivity index (χ3v) is 5.79. The highest BCUT2D eigenvalue weighted by Crippen LogP contribution is 2.35. The van der Waals surface area contributed by atoms with Crippen LogP contribution in [0.2, 0.25) is 0 Å². The normalized spacial score (nSPS) is 23.2. The lowest BCUT2D eigenvalue weighted by molar-refractivity contribution is 0.206. The van der Waals surface area contributed by atoms with Crippen molar-refractivity contribution in [2.75, 3.05) is 19.6 Å². The maximum absolute atomic E-state index is 12.5. The van der Waals surface area contributed by atoms with E-state index in [1.54, 1.807) is 6.20 Å². The number of likely N-dealkylation sites (tertiary alicyclic amines) is 1. The summed E-state index contributed by atoms with van der Waals surface area (Å²) in [7, 11) is 0. The van der Waals surface area contributed by atoms with E-state index in [4.69, 9.17) is 0 Å². The van der Waals surface area contributed by atoms with Crippen LogP contribution >= 0.6 is 0 Å². The van der Waals surface area contributed by atoms with Gasteiger partial charge in [-0.05, 0) is 30.7 Å². The van der Waals surface area contributed by atoms with Crippen LogP contribution in [-0.4, -0.2) is 55.1 Å². The molecule has 2 atom stereocenters. The van der Waals surface area contributed by atoms with E-state index in [-0.39, 0.29) is 11.9 Å². The zero-order valence-electron chi connectivity index (χ0n) is 14.9. The quantitative estimate of drug-likeness (QED) is 0.752. The Kier molecular flexibility index (Phi) is 3.58. The summed E-state index contributed by atoms with van der Waals surface area (Å²) < 4.78 is 2.08. The minimum atomic E-state index is 0.0557. The molecule has 1 saturated heterocycles. The molecule has 4 heterocycles. The standard InChI is InChI=1S/C18H23N7O/c1-2-12-9-24(18(26)21-7-11-3-4-11)10-13(12)17-23-22-15-8-20-16-14(25(15)17)5-6-19-16/h5-6,8,11-13,19H,2-4,7,9-10H2,1H3,(H,21,26). The van der Waals surface area contributed by atoms with Gasteiger partial charge < -0.3 is 15.2 Å². The Balaban J connectivity index is 1.45. The maximum atomic E-state index is 12.5. The van der Waals surface area contributed by atoms with Crippen molar-refractivity contribution in [3.05, 3.63) is 24.3 Å². The van der Waals surface area contributed by atoms with Gasteiger partial charge in [-0.3, -0.25) is 4.40 Å². The molecule has 3 aromatic heterocycles. The van der Waals surface area contributed by atoms with Crippen LogP contribution in [0.15, 0.2) is 18.5 Å². The molecule has 2 aliphatic rings. The van der Waals surface area contributed by atoms with Crippen molar-refractivity contribution < 1.29 is 4.79 Å². The van der Waals surface area contributed by atoms with Crippen LogP contribution in [0.3, 0.4) is 0 Å². The second-order valence-corrected chi connectivity index (χ2v) is 7.53. The molecule has 2 N–H and O–H groups in total. The van der Waals surface area contributed by atoms with Crippen molar-refractivity contribution in [2.24, 2.45) is 11.8 Å². The Bertz CT molecular complexity index is 957. The average molecular weight is 353 g/mol. The van der Waals surface area contributed by atoms with Crippen LogP contribution in [0, 0.1) is 11.8 Å². The molecule has 136 valence electrons. The molecule has 26 heavy (non-hydrogen) atoms. The van der Waals surface area contributed by atoms with E-state index in [0.717, 1.165) is 42.1 Å². The lowest BCUT2D eigenvalue weighted by atomic mass is 9.93. The van der Waals surface area contributed by atoms with E-state index in [2.05, 4.69) is 36.8 Å². The predicted octanol–water partition coefficient (Wildman–Crippen LogP) is 2.15. The van der Waals surface area contributed by atoms with Gasteiger partial charge in [-0.2, -0.15) is 0 Å². The molecule has 8 nitrogen and oxygen atoms in total. The molecular weight excluding hydrogens is 330 g/mol. The minimum Gasteiger partial charge on any atom is -0.345 e. The first-order chi connectivity index (χ1) is 12.7. The number of fused-ring (bicyclic) bond motifs is 3. The topological polar surface area (TPSA) is 91.2 Å². The largest absolute Gasteiger partial charge is 0.345 e. The van der Waals surface area contributed by atoms with Crippen LogP contribution in [0.5, 0.6) is 0 Å². The number of hydrogen-bond acceptors (Lipinski definition) is 4. The molecule has 0 radical (unpaired) electrons. The van der Waals surface area contributed by atoms with E-state index in [1.165, 1.54) is 12.8 Å². The number of amides is 2. The number of carbonyl (C=O) groups is 1. The molecule has 2 fully saturated rings. The molecule has 2 amide bonds. The van der Waals surface area contributed by atoms with E-state index in [9.17, 15) is 4.79 Å². The summed E-state index contributed by atoms with van der Waals surface area (Å²) in [5.41, 5.74) is 2.55. The Morgan fingerprint density at radius 1 is 1.35 bits per heavy atom. The van der Waals surface area contributed by atoms with Crippen LogP contribution in [0.1, 0.15) is 37.9 Å². The number of aromatic amines is 1. The van der Waals surface area contributed by atoms with Gasteiger partial charge in [0.1, 0.15) is 5.82 Å². The molecule has 3 aromatic rings. The first-order valence-corrected chi connectivity index (χ1v) is 9.44. The fraction of sp³-hybridized carbons (Fsp3) is 0.556. The van der Waals surface area contributed by atoms with Crippen molar-refractivity contribution in [3.63, 3.8) is 0 Å². The van der Waals surface area contributed by atoms with Gasteiger partial charge in [0.15, 0.2) is 11.3 Å². The highest BCUT2D eigenvalue weighted by atomic mass is 16.2. The number of carbonyl (C=O) groups excluding carboxylic acids is 1. The molecule has 8 heteroatoms. The van der Waals surface area contributed by atoms with Crippen molar-refractivity contribution in [2.45, 2.75) is 32.1 Å². The first-order valence-electron chi connectivity index (χ1n) is 9.44. The number of nitrogens with one attached hydrogen (secondary N) is 2. The van der Waals surface area contributed by atoms with Crippen molar-refractivity contribution in [3.8, 4) is 0 Å². The van der Waals surface area contributed by atoms with E-state index < -0.39 is 0 Å². The number of nitrogens with zero attached hydrogens (tertiary/aromatic N) is 5. The molecule has 0 spiro atoms. The Labute approximate surface area is 151 Å². The van der Waals surface area contributed by atoms with Crippen molar-refractivity contribution in [1.29, 1.82) is 0 Å². The van der Waals surface area contributed by atoms with E-state index in [1.807, 2.05) is 17.2 Å². The molecule has 0 aromatic carbocycles. The molecular formula is C18H23N7O. The summed E-state index contributed by atoms with van der Waals surface area (Å²) in [4.78, 5) is 22.0. The van der Waals surface area contributed by atoms with E-state index >= 15 is 0 Å². The highest BCUT2D eigenvalue weighted by Gasteiger charge is 2.38. The molecule has 1 aliphatic carbocycles. The second-order valence-electron chi connectivity index (χ2n) is 7.53. The Hall–Kier alpha value is -2.64. The van der Waals surface area contributed by atoms with Crippen LogP contribution in [-0.2, 0) is 0 Å². The fourth-order valence-corrected chi connectivity index (χ4v) is 4.05. The van der Waals surface area contributed by atoms with Crippen LogP contribution in [0.4, 0.5) is 4.79 Å². The van der Waals surface area contributed by atoms with Gasteiger partial charge in [-0.1, -0.05) is 13.3 Å². The summed E-state index contributed by atoms with van der Waals surface area (Å²) in [6.07, 6.45) is 7.11. The Morgan fingerprint density at radius 2 is 2.23 bits per heavy atom. The summed E-state index contributed by atoms with van der Waals surface area (Å²) >= 11 is 0. The van der Waals surface area contributed by atoms with Crippen molar-refractivity contribution >= 4 is 22.8 Å². The Morgan fingerprint density at radius 3 is 3.04 bits per heavy atom. The highest BCUT2D eigenvalue weighted by molar-refractivity contribution is 5.75. The van der Waals surface area contributed by atoms with Gasteiger partial charge in [-0.25, -0.2) is 9.78 Å². The summed E-state index contributed by atoms with van der Waals surface area (Å²) in [5.74, 6) is 2.18. The minimum absolute atomic E-state index is 0.0557. The number of aromatic nitrogens is 5. The fourth-order valence-electron chi connectivity index (χ4n) is 4.05. The van der Waals surface area contributed by atoms with Gasteiger partial charge in [-0.15, -0.1) is 10.2 Å². The number of urea groups is 1. The molecule has 5 rings (SSSR count). The van der Waals surface area contributed by atoms with Gasteiger partial charge in [0.2, 0.25) is 0 Å². The van der Waals surface area contributed by atoms with Gasteiger partial charge in [0.05, 0.1) is 11.7 Å². The second kappa shape index (κ2) is 5.96. The maximum Gasteiger partial charge on any atom is 0.317 e.